The van der Waals surface area contributed by atoms with Crippen molar-refractivity contribution < 1.29 is 26.6 Å². The number of benzene rings is 2. The maximum absolute atomic E-state index is 9.19. The van der Waals surface area contributed by atoms with Gasteiger partial charge in [0, 0.05) is 6.26 Å². The van der Waals surface area contributed by atoms with E-state index >= 15 is 0 Å². The third kappa shape index (κ3) is 28.9. The monoisotopic (exact) mass is 382 g/mol. The lowest BCUT2D eigenvalue weighted by atomic mass is 10.1. The van der Waals surface area contributed by atoms with E-state index in [4.69, 9.17) is 18.2 Å². The smallest absolute Gasteiger partial charge is 0.261 e. The normalized spacial score (nSPS) is 10.2. The molecule has 2 aromatic carbocycles. The Labute approximate surface area is 147 Å². The van der Waals surface area contributed by atoms with Crippen LogP contribution in [0.5, 0.6) is 0 Å². The summed E-state index contributed by atoms with van der Waals surface area (Å²) in [5.74, 6) is 0. The van der Waals surface area contributed by atoms with Gasteiger partial charge in [-0.1, -0.05) is 76.2 Å². The summed E-state index contributed by atoms with van der Waals surface area (Å²) < 4.78 is 49.0. The Morgan fingerprint density at radius 2 is 0.750 bits per heavy atom. The van der Waals surface area contributed by atoms with E-state index in [0.717, 1.165) is 6.26 Å². The van der Waals surface area contributed by atoms with Crippen molar-refractivity contribution in [1.82, 2.24) is 0 Å². The van der Waals surface area contributed by atoms with Gasteiger partial charge in [-0.25, -0.2) is 0 Å². The van der Waals surface area contributed by atoms with E-state index in [1.54, 1.807) is 0 Å². The summed E-state index contributed by atoms with van der Waals surface area (Å²) in [6, 6.07) is 16.7. The van der Waals surface area contributed by atoms with E-state index < -0.39 is 21.0 Å². The van der Waals surface area contributed by atoms with E-state index in [0.29, 0.717) is 6.26 Å². The third-order valence-corrected chi connectivity index (χ3v) is 1.66. The molecule has 0 aliphatic rings. The van der Waals surface area contributed by atoms with Crippen LogP contribution in [-0.4, -0.2) is 39.1 Å². The summed E-state index contributed by atoms with van der Waals surface area (Å²) in [6.45, 7) is 8.00. The predicted octanol–water partition coefficient (Wildman–Crippen LogP) is 5.24. The van der Waals surface area contributed by atoms with Crippen LogP contribution in [0.25, 0.3) is 10.8 Å². The zero-order chi connectivity index (χ0) is 19.8. The molecule has 2 aromatic rings. The summed E-state index contributed by atoms with van der Waals surface area (Å²) in [6.07, 6.45) is 1.65. The van der Waals surface area contributed by atoms with Crippen LogP contribution in [0, 0.1) is 0 Å². The van der Waals surface area contributed by atoms with Crippen molar-refractivity contribution in [2.75, 3.05) is 12.5 Å². The average Bonchev–Trinajstić information content (AvgIpc) is 2.48. The molecule has 24 heavy (non-hydrogen) atoms. The van der Waals surface area contributed by atoms with Crippen molar-refractivity contribution >= 4 is 31.8 Å². The van der Waals surface area contributed by atoms with Gasteiger partial charge in [-0.3, -0.25) is 4.55 Å². The molecule has 0 heterocycles. The van der Waals surface area contributed by atoms with Gasteiger partial charge in [0.2, 0.25) is 0 Å². The average molecular weight is 383 g/mol. The molecular weight excluding hydrogens is 352 g/mol. The van der Waals surface area contributed by atoms with E-state index in [1.165, 1.54) is 10.8 Å². The first-order chi connectivity index (χ1) is 11.0. The molecule has 0 unspecified atom stereocenters. The minimum Gasteiger partial charge on any atom is -0.308 e. The van der Waals surface area contributed by atoms with Crippen LogP contribution in [0.15, 0.2) is 48.5 Å². The van der Waals surface area contributed by atoms with Crippen LogP contribution in [0.2, 0.25) is 0 Å². The lowest BCUT2D eigenvalue weighted by molar-refractivity contribution is 0.384. The zero-order valence-corrected chi connectivity index (χ0v) is 16.7. The molecule has 0 aliphatic heterocycles. The molecule has 6 nitrogen and oxygen atoms in total. The van der Waals surface area contributed by atoms with E-state index in [-0.39, 0.29) is 0 Å². The van der Waals surface area contributed by atoms with Crippen molar-refractivity contribution in [3.63, 3.8) is 0 Å². The Balaban J connectivity index is -0.000000273. The predicted molar refractivity (Wildman–Crippen MR) is 106 cm³/mol. The zero-order valence-electron chi connectivity index (χ0n) is 15.0. The van der Waals surface area contributed by atoms with Crippen molar-refractivity contribution in [2.45, 2.75) is 27.7 Å². The van der Waals surface area contributed by atoms with Crippen molar-refractivity contribution in [3.8, 4) is 0 Å². The number of hydrogen-bond donors (Lipinski definition) is 4. The second-order valence-electron chi connectivity index (χ2n) is 3.87. The Bertz CT molecular complexity index is 542. The van der Waals surface area contributed by atoms with Crippen LogP contribution in [0.4, 0.5) is 0 Å². The van der Waals surface area contributed by atoms with Crippen LogP contribution in [0.3, 0.4) is 0 Å². The van der Waals surface area contributed by atoms with Crippen molar-refractivity contribution in [2.24, 2.45) is 0 Å². The SMILES string of the molecule is CC.CC.CS(=O)(=O)O.CS(O)(O)O.c1ccc2ccccc2c1. The van der Waals surface area contributed by atoms with Gasteiger partial charge in [0.15, 0.2) is 0 Å². The lowest BCUT2D eigenvalue weighted by Gasteiger charge is -2.08. The first-order valence-electron chi connectivity index (χ1n) is 7.28. The maximum atomic E-state index is 9.19. The van der Waals surface area contributed by atoms with Gasteiger partial charge >= 0.3 is 0 Å². The molecule has 142 valence electrons. The van der Waals surface area contributed by atoms with Gasteiger partial charge in [0.05, 0.1) is 17.1 Å². The molecule has 2 rings (SSSR count). The molecule has 0 aliphatic carbocycles. The van der Waals surface area contributed by atoms with E-state index in [1.807, 2.05) is 27.7 Å². The van der Waals surface area contributed by atoms with Crippen LogP contribution in [-0.2, 0) is 10.1 Å². The van der Waals surface area contributed by atoms with Gasteiger partial charge < -0.3 is 13.7 Å². The topological polar surface area (TPSA) is 115 Å². The second-order valence-corrected chi connectivity index (χ2v) is 6.92. The summed E-state index contributed by atoms with van der Waals surface area (Å²) in [7, 11) is -6.83. The molecule has 0 saturated heterocycles. The van der Waals surface area contributed by atoms with Crippen molar-refractivity contribution in [3.05, 3.63) is 48.5 Å². The van der Waals surface area contributed by atoms with E-state index in [9.17, 15) is 8.42 Å². The number of rotatable bonds is 0. The lowest BCUT2D eigenvalue weighted by Crippen LogP contribution is -1.88. The highest BCUT2D eigenvalue weighted by Crippen LogP contribution is 2.24. The Kier molecular flexibility index (Phi) is 17.7. The fourth-order valence-electron chi connectivity index (χ4n) is 1.13. The standard InChI is InChI=1S/C10H8.2C2H6.CH6O3S.CH4O3S/c1-2-6-10-8-4-3-7-9(10)5-1;2*1-2;2*1-5(2,3)4/h1-8H;2*1-2H3;2-4H,1H3;1H3,(H,2,3,4). The molecular formula is C16H30O6S2. The number of fused-ring (bicyclic) bond motifs is 1. The van der Waals surface area contributed by atoms with Gasteiger partial charge in [-0.2, -0.15) is 8.42 Å². The fourth-order valence-corrected chi connectivity index (χ4v) is 1.13. The summed E-state index contributed by atoms with van der Waals surface area (Å²) >= 11 is 0. The Hall–Kier alpha value is -1.16. The minimum atomic E-state index is -3.67. The van der Waals surface area contributed by atoms with Crippen LogP contribution in [0.1, 0.15) is 27.7 Å². The van der Waals surface area contributed by atoms with Gasteiger partial charge in [-0.05, 0) is 10.8 Å². The van der Waals surface area contributed by atoms with Crippen LogP contribution >= 0.6 is 10.9 Å². The van der Waals surface area contributed by atoms with Gasteiger partial charge in [0.25, 0.3) is 10.1 Å². The molecule has 0 saturated carbocycles. The molecule has 0 aromatic heterocycles. The molecule has 0 bridgehead atoms. The van der Waals surface area contributed by atoms with E-state index in [2.05, 4.69) is 48.5 Å². The molecule has 0 radical (unpaired) electrons. The van der Waals surface area contributed by atoms with Crippen LogP contribution < -0.4 is 0 Å². The summed E-state index contributed by atoms with van der Waals surface area (Å²) in [5, 5.41) is 2.62. The van der Waals surface area contributed by atoms with Crippen molar-refractivity contribution in [1.29, 1.82) is 0 Å². The largest absolute Gasteiger partial charge is 0.308 e. The first-order valence-corrected chi connectivity index (χ1v) is 11.0. The molecule has 0 atom stereocenters. The van der Waals surface area contributed by atoms with Gasteiger partial charge in [0.1, 0.15) is 0 Å². The second kappa shape index (κ2) is 15.4. The molecule has 0 fully saturated rings. The Morgan fingerprint density at radius 1 is 0.625 bits per heavy atom. The molecule has 0 spiro atoms. The highest BCUT2D eigenvalue weighted by atomic mass is 32.3. The highest BCUT2D eigenvalue weighted by molar-refractivity contribution is 8.18. The molecule has 8 heteroatoms. The quantitative estimate of drug-likeness (QED) is 0.463. The fraction of sp³-hybridized carbons (Fsp3) is 0.375. The van der Waals surface area contributed by atoms with Gasteiger partial charge in [-0.15, -0.1) is 0 Å². The first kappa shape index (κ1) is 27.7. The molecule has 4 N–H and O–H groups in total. The maximum Gasteiger partial charge on any atom is 0.261 e. The molecule has 0 amide bonds. The third-order valence-electron chi connectivity index (χ3n) is 1.66. The highest BCUT2D eigenvalue weighted by Gasteiger charge is 1.94. The summed E-state index contributed by atoms with van der Waals surface area (Å²) in [5.41, 5.74) is 0. The Morgan fingerprint density at radius 3 is 0.875 bits per heavy atom. The number of hydrogen-bond acceptors (Lipinski definition) is 5. The summed E-state index contributed by atoms with van der Waals surface area (Å²) in [4.78, 5) is 0. The minimum absolute atomic E-state index is 0.715.